The van der Waals surface area contributed by atoms with E-state index in [4.69, 9.17) is 10.8 Å². The van der Waals surface area contributed by atoms with Gasteiger partial charge in [-0.1, -0.05) is 33.5 Å². The third-order valence-corrected chi connectivity index (χ3v) is 5.78. The molecule has 0 saturated heterocycles. The summed E-state index contributed by atoms with van der Waals surface area (Å²) in [5.41, 5.74) is 5.92. The van der Waals surface area contributed by atoms with Crippen molar-refractivity contribution in [2.45, 2.75) is 38.7 Å². The summed E-state index contributed by atoms with van der Waals surface area (Å²) in [4.78, 5) is 11.0. The van der Waals surface area contributed by atoms with Crippen LogP contribution in [0.2, 0.25) is 19.6 Å². The van der Waals surface area contributed by atoms with Crippen molar-refractivity contribution in [2.24, 2.45) is 11.7 Å². The molecule has 0 rings (SSSR count). The first-order valence-electron chi connectivity index (χ1n) is 4.16. The molecule has 0 bridgehead atoms. The Morgan fingerprint density at radius 2 is 1.75 bits per heavy atom. The molecule has 0 aromatic rings. The van der Waals surface area contributed by atoms with Crippen LogP contribution in [-0.2, 0) is 4.79 Å². The second-order valence-corrected chi connectivity index (χ2v) is 9.91. The first-order valence-corrected chi connectivity index (χ1v) is 7.66. The van der Waals surface area contributed by atoms with Gasteiger partial charge in [-0.25, -0.2) is 0 Å². The van der Waals surface area contributed by atoms with E-state index in [-0.39, 0.29) is 5.92 Å². The molecule has 4 heteroatoms. The molecule has 0 fully saturated rings. The van der Waals surface area contributed by atoms with E-state index in [0.717, 1.165) is 0 Å². The minimum absolute atomic E-state index is 0.0123. The normalized spacial score (nSPS) is 17.6. The van der Waals surface area contributed by atoms with Gasteiger partial charge in [-0.15, -0.1) is 0 Å². The Bertz CT molecular complexity index is 186. The second-order valence-electron chi connectivity index (χ2n) is 4.58. The molecule has 0 unspecified atom stereocenters. The third kappa shape index (κ3) is 1.69. The molecule has 3 N–H and O–H groups in total. The van der Waals surface area contributed by atoms with Gasteiger partial charge in [0.1, 0.15) is 5.16 Å². The Balaban J connectivity index is 5.02. The zero-order valence-corrected chi connectivity index (χ0v) is 9.51. The maximum absolute atomic E-state index is 11.0. The van der Waals surface area contributed by atoms with Crippen LogP contribution in [0.3, 0.4) is 0 Å². The van der Waals surface area contributed by atoms with Crippen LogP contribution in [0.1, 0.15) is 13.8 Å². The van der Waals surface area contributed by atoms with E-state index in [9.17, 15) is 4.79 Å². The fraction of sp³-hybridized carbons (Fsp3) is 0.875. The number of carbonyl (C=O) groups is 1. The van der Waals surface area contributed by atoms with Crippen LogP contribution in [0, 0.1) is 5.92 Å². The van der Waals surface area contributed by atoms with Gasteiger partial charge >= 0.3 is 5.97 Å². The quantitative estimate of drug-likeness (QED) is 0.658. The molecule has 0 aliphatic carbocycles. The Hall–Kier alpha value is -0.353. The lowest BCUT2D eigenvalue weighted by molar-refractivity contribution is -0.141. The molecule has 1 atom stereocenters. The molecule has 0 aromatic heterocycles. The maximum atomic E-state index is 11.0. The molecule has 0 spiro atoms. The highest BCUT2D eigenvalue weighted by Gasteiger charge is 2.48. The van der Waals surface area contributed by atoms with Crippen molar-refractivity contribution < 1.29 is 9.90 Å². The monoisotopic (exact) mass is 189 g/mol. The molecule has 72 valence electrons. The van der Waals surface area contributed by atoms with Crippen molar-refractivity contribution in [2.75, 3.05) is 0 Å². The summed E-state index contributed by atoms with van der Waals surface area (Å²) in [6.45, 7) is 9.70. The summed E-state index contributed by atoms with van der Waals surface area (Å²) in [6, 6.07) is 0. The molecule has 0 aliphatic heterocycles. The van der Waals surface area contributed by atoms with Gasteiger partial charge in [0.15, 0.2) is 0 Å². The molecule has 0 amide bonds. The smallest absolute Gasteiger partial charge is 0.320 e. The predicted molar refractivity (Wildman–Crippen MR) is 52.7 cm³/mol. The minimum atomic E-state index is -1.86. The van der Waals surface area contributed by atoms with Gasteiger partial charge in [0, 0.05) is 0 Å². The molecule has 0 heterocycles. The maximum Gasteiger partial charge on any atom is 0.320 e. The van der Waals surface area contributed by atoms with Gasteiger partial charge in [0.2, 0.25) is 0 Å². The van der Waals surface area contributed by atoms with E-state index >= 15 is 0 Å². The van der Waals surface area contributed by atoms with E-state index in [2.05, 4.69) is 0 Å². The average Bonchev–Trinajstić information content (AvgIpc) is 1.82. The molecule has 0 saturated carbocycles. The van der Waals surface area contributed by atoms with Crippen LogP contribution >= 0.6 is 0 Å². The molecular formula is C8H19NO2Si. The van der Waals surface area contributed by atoms with Crippen molar-refractivity contribution in [3.8, 4) is 0 Å². The van der Waals surface area contributed by atoms with Crippen molar-refractivity contribution in [3.63, 3.8) is 0 Å². The molecule has 0 aromatic carbocycles. The topological polar surface area (TPSA) is 63.3 Å². The van der Waals surface area contributed by atoms with Crippen LogP contribution in [0.5, 0.6) is 0 Å². The van der Waals surface area contributed by atoms with Gasteiger partial charge in [-0.2, -0.15) is 0 Å². The van der Waals surface area contributed by atoms with Crippen LogP contribution in [0.4, 0.5) is 0 Å². The largest absolute Gasteiger partial charge is 0.480 e. The zero-order chi connectivity index (χ0) is 10.2. The van der Waals surface area contributed by atoms with E-state index in [1.54, 1.807) is 0 Å². The number of nitrogens with two attached hydrogens (primary N) is 1. The zero-order valence-electron chi connectivity index (χ0n) is 8.51. The SMILES string of the molecule is CC(C)[C@](N)(C(=O)O)[Si](C)(C)C. The van der Waals surface area contributed by atoms with Crippen LogP contribution in [0.15, 0.2) is 0 Å². The van der Waals surface area contributed by atoms with Gasteiger partial charge in [0.25, 0.3) is 0 Å². The Morgan fingerprint density at radius 1 is 1.42 bits per heavy atom. The number of rotatable bonds is 3. The molecular weight excluding hydrogens is 170 g/mol. The summed E-state index contributed by atoms with van der Waals surface area (Å²) >= 11 is 0. The van der Waals surface area contributed by atoms with Crippen LogP contribution in [0.25, 0.3) is 0 Å². The van der Waals surface area contributed by atoms with E-state index in [1.165, 1.54) is 0 Å². The lowest BCUT2D eigenvalue weighted by atomic mass is 10.1. The summed E-state index contributed by atoms with van der Waals surface area (Å²) in [5, 5.41) is 8.04. The molecule has 0 radical (unpaired) electrons. The molecule has 3 nitrogen and oxygen atoms in total. The lowest BCUT2D eigenvalue weighted by Crippen LogP contribution is -2.67. The predicted octanol–water partition coefficient (Wildman–Crippen LogP) is 1.30. The number of carboxylic acids is 1. The van der Waals surface area contributed by atoms with Gasteiger partial charge in [0.05, 0.1) is 8.07 Å². The van der Waals surface area contributed by atoms with Crippen LogP contribution in [-0.4, -0.2) is 24.3 Å². The summed E-state index contributed by atoms with van der Waals surface area (Å²) in [6.07, 6.45) is 0. The Morgan fingerprint density at radius 3 is 1.75 bits per heavy atom. The highest BCUT2D eigenvalue weighted by atomic mass is 28.3. The summed E-state index contributed by atoms with van der Waals surface area (Å²) in [5.74, 6) is -0.877. The average molecular weight is 189 g/mol. The molecule has 0 aliphatic rings. The number of aliphatic carboxylic acids is 1. The number of carboxylic acid groups (broad SMARTS) is 1. The minimum Gasteiger partial charge on any atom is -0.480 e. The fourth-order valence-corrected chi connectivity index (χ4v) is 3.81. The highest BCUT2D eigenvalue weighted by Crippen LogP contribution is 2.26. The summed E-state index contributed by atoms with van der Waals surface area (Å²) < 4.78 is 0. The number of hydrogen-bond acceptors (Lipinski definition) is 2. The van der Waals surface area contributed by atoms with Gasteiger partial charge < -0.3 is 10.8 Å². The first-order chi connectivity index (χ1) is 5.14. The van der Waals surface area contributed by atoms with E-state index < -0.39 is 19.2 Å². The Kier molecular flexibility index (Phi) is 3.09. The first kappa shape index (κ1) is 11.6. The van der Waals surface area contributed by atoms with Gasteiger partial charge in [-0.05, 0) is 5.92 Å². The number of hydrogen-bond donors (Lipinski definition) is 2. The lowest BCUT2D eigenvalue weighted by Gasteiger charge is -2.39. The van der Waals surface area contributed by atoms with E-state index in [0.29, 0.717) is 0 Å². The van der Waals surface area contributed by atoms with Gasteiger partial charge in [-0.3, -0.25) is 4.79 Å². The molecule has 12 heavy (non-hydrogen) atoms. The van der Waals surface area contributed by atoms with Crippen LogP contribution < -0.4 is 5.73 Å². The standard InChI is InChI=1S/C8H19NO2Si/c1-6(2)8(9,7(10)11)12(3,4)5/h6H,9H2,1-5H3,(H,10,11)/t8-/m1/s1. The third-order valence-electron chi connectivity index (χ3n) is 2.51. The van der Waals surface area contributed by atoms with Crippen molar-refractivity contribution in [1.29, 1.82) is 0 Å². The van der Waals surface area contributed by atoms with E-state index in [1.807, 2.05) is 33.5 Å². The highest BCUT2D eigenvalue weighted by molar-refractivity contribution is 6.82. The second kappa shape index (κ2) is 3.18. The summed E-state index contributed by atoms with van der Waals surface area (Å²) in [7, 11) is -1.86. The van der Waals surface area contributed by atoms with Crippen molar-refractivity contribution in [3.05, 3.63) is 0 Å². The van der Waals surface area contributed by atoms with Crippen molar-refractivity contribution in [1.82, 2.24) is 0 Å². The van der Waals surface area contributed by atoms with Crippen molar-refractivity contribution >= 4 is 14.0 Å². The Labute approximate surface area is 75.0 Å². The fourth-order valence-electron chi connectivity index (χ4n) is 1.43.